The topological polar surface area (TPSA) is 35.5 Å². The molecule has 0 heterocycles. The summed E-state index contributed by atoms with van der Waals surface area (Å²) in [6, 6.07) is 18.6. The predicted molar refractivity (Wildman–Crippen MR) is 154 cm³/mol. The van der Waals surface area contributed by atoms with Crippen molar-refractivity contribution >= 4 is 5.97 Å². The SMILES string of the molecule is CCCCCCCCCCCCCc1ccc(OCOC(=O)C(C)C[N+](C)(C)Cc2ccccc2)cc1. The fourth-order valence-corrected chi connectivity index (χ4v) is 5.00. The zero-order valence-electron chi connectivity index (χ0n) is 24.1. The number of rotatable bonds is 20. The van der Waals surface area contributed by atoms with Crippen molar-refractivity contribution in [3.05, 3.63) is 65.7 Å². The lowest BCUT2D eigenvalue weighted by Crippen LogP contribution is -2.44. The summed E-state index contributed by atoms with van der Waals surface area (Å²) >= 11 is 0. The van der Waals surface area contributed by atoms with Crippen LogP contribution >= 0.6 is 0 Å². The second-order valence-corrected chi connectivity index (χ2v) is 11.3. The van der Waals surface area contributed by atoms with Crippen LogP contribution in [0, 0.1) is 5.92 Å². The van der Waals surface area contributed by atoms with Crippen LogP contribution < -0.4 is 4.74 Å². The van der Waals surface area contributed by atoms with Crippen molar-refractivity contribution in [1.29, 1.82) is 0 Å². The number of carbonyl (C=O) groups excluding carboxylic acids is 1. The third kappa shape index (κ3) is 14.3. The van der Waals surface area contributed by atoms with Crippen LogP contribution in [-0.2, 0) is 22.5 Å². The predicted octanol–water partition coefficient (Wildman–Crippen LogP) is 8.33. The molecule has 0 saturated carbocycles. The minimum Gasteiger partial charge on any atom is -0.457 e. The Morgan fingerprint density at radius 2 is 1.32 bits per heavy atom. The van der Waals surface area contributed by atoms with Gasteiger partial charge >= 0.3 is 5.97 Å². The fourth-order valence-electron chi connectivity index (χ4n) is 5.00. The minimum atomic E-state index is -0.215. The number of hydrogen-bond donors (Lipinski definition) is 0. The molecule has 0 aliphatic carbocycles. The Labute approximate surface area is 227 Å². The number of aryl methyl sites for hydroxylation is 1. The zero-order chi connectivity index (χ0) is 26.8. The Bertz CT molecular complexity index is 848. The van der Waals surface area contributed by atoms with Gasteiger partial charge in [-0.05, 0) is 37.5 Å². The van der Waals surface area contributed by atoms with Crippen LogP contribution in [0.5, 0.6) is 5.75 Å². The van der Waals surface area contributed by atoms with Crippen molar-refractivity contribution in [3.8, 4) is 5.75 Å². The van der Waals surface area contributed by atoms with Gasteiger partial charge in [0.25, 0.3) is 0 Å². The molecule has 0 bridgehead atoms. The summed E-state index contributed by atoms with van der Waals surface area (Å²) in [5, 5.41) is 0. The molecule has 4 heteroatoms. The zero-order valence-corrected chi connectivity index (χ0v) is 24.1. The average Bonchev–Trinajstić information content (AvgIpc) is 2.88. The molecule has 206 valence electrons. The molecule has 0 spiro atoms. The van der Waals surface area contributed by atoms with Gasteiger partial charge in [0.05, 0.1) is 20.6 Å². The smallest absolute Gasteiger partial charge is 0.317 e. The summed E-state index contributed by atoms with van der Waals surface area (Å²) in [5.41, 5.74) is 2.61. The molecule has 1 unspecified atom stereocenters. The van der Waals surface area contributed by atoms with Crippen LogP contribution in [0.25, 0.3) is 0 Å². The first kappa shape index (κ1) is 30.9. The minimum absolute atomic E-state index is 0.0484. The van der Waals surface area contributed by atoms with Crippen LogP contribution in [0.2, 0.25) is 0 Å². The van der Waals surface area contributed by atoms with E-state index < -0.39 is 0 Å². The lowest BCUT2D eigenvalue weighted by molar-refractivity contribution is -0.905. The maximum Gasteiger partial charge on any atom is 0.317 e. The third-order valence-electron chi connectivity index (χ3n) is 7.04. The number of unbranched alkanes of at least 4 members (excludes halogenated alkanes) is 10. The fraction of sp³-hybridized carbons (Fsp3) is 0.606. The number of ether oxygens (including phenoxy) is 2. The molecule has 2 rings (SSSR count). The first-order valence-corrected chi connectivity index (χ1v) is 14.6. The Morgan fingerprint density at radius 3 is 1.92 bits per heavy atom. The van der Waals surface area contributed by atoms with E-state index >= 15 is 0 Å². The van der Waals surface area contributed by atoms with E-state index in [1.807, 2.05) is 25.1 Å². The number of hydrogen-bond acceptors (Lipinski definition) is 3. The Balaban J connectivity index is 1.55. The molecular weight excluding hydrogens is 458 g/mol. The van der Waals surface area contributed by atoms with Gasteiger partial charge in [0.15, 0.2) is 0 Å². The molecule has 2 aromatic rings. The van der Waals surface area contributed by atoms with Crippen LogP contribution in [-0.4, -0.2) is 37.9 Å². The monoisotopic (exact) mass is 510 g/mol. The van der Waals surface area contributed by atoms with Crippen molar-refractivity contribution in [3.63, 3.8) is 0 Å². The van der Waals surface area contributed by atoms with Gasteiger partial charge in [0, 0.05) is 5.56 Å². The number of nitrogens with zero attached hydrogens (tertiary/aromatic N) is 1. The standard InChI is InChI=1S/C33H52NO3/c1-5-6-7-8-9-10-11-12-13-14-16-19-30-22-24-32(25-23-30)36-28-37-33(35)29(2)26-34(3,4)27-31-20-17-15-18-21-31/h15,17-18,20-25,29H,5-14,16,19,26-28H2,1-4H3/q+1. The molecule has 0 aliphatic heterocycles. The van der Waals surface area contributed by atoms with Crippen molar-refractivity contribution in [2.45, 2.75) is 97.4 Å². The highest BCUT2D eigenvalue weighted by Crippen LogP contribution is 2.17. The second-order valence-electron chi connectivity index (χ2n) is 11.3. The van der Waals surface area contributed by atoms with E-state index in [0.717, 1.165) is 23.2 Å². The van der Waals surface area contributed by atoms with Crippen LogP contribution in [0.4, 0.5) is 0 Å². The van der Waals surface area contributed by atoms with Crippen molar-refractivity contribution < 1.29 is 18.8 Å². The van der Waals surface area contributed by atoms with Gasteiger partial charge in [0.2, 0.25) is 6.79 Å². The average molecular weight is 511 g/mol. The molecule has 37 heavy (non-hydrogen) atoms. The maximum absolute atomic E-state index is 12.5. The van der Waals surface area contributed by atoms with Crippen molar-refractivity contribution in [1.82, 2.24) is 0 Å². The molecule has 0 aliphatic rings. The first-order chi connectivity index (χ1) is 17.9. The van der Waals surface area contributed by atoms with E-state index in [4.69, 9.17) is 9.47 Å². The van der Waals surface area contributed by atoms with Crippen molar-refractivity contribution in [2.75, 3.05) is 27.4 Å². The van der Waals surface area contributed by atoms with Gasteiger partial charge in [-0.15, -0.1) is 0 Å². The Hall–Kier alpha value is -2.33. The summed E-state index contributed by atoms with van der Waals surface area (Å²) in [6.07, 6.45) is 16.2. The summed E-state index contributed by atoms with van der Waals surface area (Å²) in [7, 11) is 4.29. The summed E-state index contributed by atoms with van der Waals surface area (Å²) in [6.45, 7) is 5.74. The number of carbonyl (C=O) groups is 1. The quantitative estimate of drug-likeness (QED) is 0.0777. The Kier molecular flexibility index (Phi) is 15.0. The van der Waals surface area contributed by atoms with E-state index in [9.17, 15) is 4.79 Å². The van der Waals surface area contributed by atoms with Gasteiger partial charge in [-0.3, -0.25) is 4.79 Å². The maximum atomic E-state index is 12.5. The third-order valence-corrected chi connectivity index (χ3v) is 7.04. The van der Waals surface area contributed by atoms with E-state index in [2.05, 4.69) is 57.4 Å². The molecule has 2 aromatic carbocycles. The number of benzene rings is 2. The van der Waals surface area contributed by atoms with Crippen molar-refractivity contribution in [2.24, 2.45) is 5.92 Å². The molecule has 0 fully saturated rings. The molecule has 0 N–H and O–H groups in total. The summed E-state index contributed by atoms with van der Waals surface area (Å²) in [5.74, 6) is 0.325. The summed E-state index contributed by atoms with van der Waals surface area (Å²) < 4.78 is 11.8. The highest BCUT2D eigenvalue weighted by molar-refractivity contribution is 5.72. The highest BCUT2D eigenvalue weighted by atomic mass is 16.7. The number of quaternary nitrogens is 1. The van der Waals surface area contributed by atoms with Gasteiger partial charge in [-0.1, -0.05) is 114 Å². The molecule has 0 saturated heterocycles. The molecule has 1 atom stereocenters. The van der Waals surface area contributed by atoms with Crippen LogP contribution in [0.3, 0.4) is 0 Å². The normalized spacial score (nSPS) is 12.3. The van der Waals surface area contributed by atoms with E-state index in [1.54, 1.807) is 0 Å². The molecule has 4 nitrogen and oxygen atoms in total. The molecular formula is C33H52NO3+. The lowest BCUT2D eigenvalue weighted by atomic mass is 10.0. The van der Waals surface area contributed by atoms with Crippen LogP contribution in [0.1, 0.15) is 95.6 Å². The van der Waals surface area contributed by atoms with E-state index in [-0.39, 0.29) is 18.7 Å². The Morgan fingerprint density at radius 1 is 0.757 bits per heavy atom. The van der Waals surface area contributed by atoms with Crippen LogP contribution in [0.15, 0.2) is 54.6 Å². The molecule has 0 aromatic heterocycles. The van der Waals surface area contributed by atoms with E-state index in [1.165, 1.54) is 81.8 Å². The number of esters is 1. The summed E-state index contributed by atoms with van der Waals surface area (Å²) in [4.78, 5) is 12.5. The van der Waals surface area contributed by atoms with Gasteiger partial charge in [-0.25, -0.2) is 0 Å². The second kappa shape index (κ2) is 18.0. The highest BCUT2D eigenvalue weighted by Gasteiger charge is 2.25. The van der Waals surface area contributed by atoms with Gasteiger partial charge in [-0.2, -0.15) is 0 Å². The molecule has 0 radical (unpaired) electrons. The lowest BCUT2D eigenvalue weighted by Gasteiger charge is -2.31. The molecule has 0 amide bonds. The first-order valence-electron chi connectivity index (χ1n) is 14.6. The largest absolute Gasteiger partial charge is 0.457 e. The van der Waals surface area contributed by atoms with Gasteiger partial charge < -0.3 is 14.0 Å². The van der Waals surface area contributed by atoms with Gasteiger partial charge in [0.1, 0.15) is 18.2 Å². The van der Waals surface area contributed by atoms with E-state index in [0.29, 0.717) is 6.54 Å².